The van der Waals surface area contributed by atoms with E-state index < -0.39 is 42.1 Å². The number of hydrogen-bond donors (Lipinski definition) is 4. The molecule has 0 bridgehead atoms. The zero-order valence-electron chi connectivity index (χ0n) is 10.2. The largest absolute Gasteiger partial charge is 0.504 e. The molecule has 0 saturated heterocycles. The van der Waals surface area contributed by atoms with E-state index in [1.54, 1.807) is 0 Å². The average Bonchev–Trinajstić information content (AvgIpc) is 2.38. The lowest BCUT2D eigenvalue weighted by Gasteiger charge is -2.21. The predicted molar refractivity (Wildman–Crippen MR) is 62.9 cm³/mol. The van der Waals surface area contributed by atoms with Crippen LogP contribution in [0.25, 0.3) is 0 Å². The zero-order chi connectivity index (χ0) is 14.6. The molecular weight excluding hydrogens is 256 g/mol. The van der Waals surface area contributed by atoms with Crippen molar-refractivity contribution in [2.45, 2.75) is 6.92 Å². The molecule has 0 aliphatic rings. The number of phenolic OH excluding ortho intramolecular Hbond substituents is 2. The highest BCUT2D eigenvalue weighted by atomic mass is 16.5. The van der Waals surface area contributed by atoms with Crippen molar-refractivity contribution in [2.24, 2.45) is 5.41 Å². The van der Waals surface area contributed by atoms with Crippen LogP contribution in [0.5, 0.6) is 11.5 Å². The maximum atomic E-state index is 11.6. The van der Waals surface area contributed by atoms with Crippen molar-refractivity contribution in [1.29, 1.82) is 0 Å². The summed E-state index contributed by atoms with van der Waals surface area (Å²) in [5.74, 6) is -3.44. The van der Waals surface area contributed by atoms with Gasteiger partial charge in [-0.25, -0.2) is 4.79 Å². The number of aromatic hydroxyl groups is 2. The van der Waals surface area contributed by atoms with Gasteiger partial charge in [0.05, 0.1) is 6.61 Å². The lowest BCUT2D eigenvalue weighted by molar-refractivity contribution is -0.153. The predicted octanol–water partition coefficient (Wildman–Crippen LogP) is 0.338. The lowest BCUT2D eigenvalue weighted by atomic mass is 9.93. The number of aliphatic hydroxyl groups is 1. The van der Waals surface area contributed by atoms with Crippen LogP contribution in [0.1, 0.15) is 17.3 Å². The number of hydrogen-bond acceptors (Lipinski definition) is 6. The van der Waals surface area contributed by atoms with Crippen LogP contribution in [-0.4, -0.2) is 45.6 Å². The average molecular weight is 270 g/mol. The summed E-state index contributed by atoms with van der Waals surface area (Å²) in [6.07, 6.45) is 0. The molecule has 4 N–H and O–H groups in total. The van der Waals surface area contributed by atoms with Crippen LogP contribution in [-0.2, 0) is 9.53 Å². The van der Waals surface area contributed by atoms with E-state index in [9.17, 15) is 19.8 Å². The van der Waals surface area contributed by atoms with Crippen LogP contribution in [0.2, 0.25) is 0 Å². The molecule has 19 heavy (non-hydrogen) atoms. The third kappa shape index (κ3) is 3.14. The molecule has 1 rings (SSSR count). The van der Waals surface area contributed by atoms with E-state index in [0.717, 1.165) is 0 Å². The van der Waals surface area contributed by atoms with Crippen molar-refractivity contribution in [1.82, 2.24) is 0 Å². The van der Waals surface area contributed by atoms with E-state index in [2.05, 4.69) is 0 Å². The number of aliphatic hydroxyl groups excluding tert-OH is 1. The van der Waals surface area contributed by atoms with Gasteiger partial charge in [0.15, 0.2) is 11.5 Å². The molecule has 0 radical (unpaired) electrons. The second-order valence-electron chi connectivity index (χ2n) is 4.27. The number of esters is 1. The fraction of sp³-hybridized carbons (Fsp3) is 0.333. The molecule has 0 aromatic heterocycles. The first-order chi connectivity index (χ1) is 8.81. The van der Waals surface area contributed by atoms with Gasteiger partial charge >= 0.3 is 11.9 Å². The molecule has 1 unspecified atom stereocenters. The fourth-order valence-corrected chi connectivity index (χ4v) is 1.17. The van der Waals surface area contributed by atoms with E-state index in [0.29, 0.717) is 0 Å². The Bertz CT molecular complexity index is 497. The highest BCUT2D eigenvalue weighted by molar-refractivity contribution is 5.93. The minimum atomic E-state index is -1.62. The zero-order valence-corrected chi connectivity index (χ0v) is 10.2. The van der Waals surface area contributed by atoms with Crippen LogP contribution < -0.4 is 0 Å². The molecule has 0 fully saturated rings. The maximum Gasteiger partial charge on any atom is 0.342 e. The number of para-hydroxylation sites is 1. The third-order valence-corrected chi connectivity index (χ3v) is 2.62. The van der Waals surface area contributed by atoms with Crippen LogP contribution in [0.15, 0.2) is 18.2 Å². The van der Waals surface area contributed by atoms with Crippen molar-refractivity contribution in [3.63, 3.8) is 0 Å². The fourth-order valence-electron chi connectivity index (χ4n) is 1.17. The minimum absolute atomic E-state index is 0.286. The van der Waals surface area contributed by atoms with Crippen molar-refractivity contribution in [3.05, 3.63) is 23.8 Å². The number of carboxylic acids is 1. The Morgan fingerprint density at radius 3 is 2.47 bits per heavy atom. The summed E-state index contributed by atoms with van der Waals surface area (Å²) in [6, 6.07) is 3.73. The maximum absolute atomic E-state index is 11.6. The van der Waals surface area contributed by atoms with Crippen LogP contribution in [0.4, 0.5) is 0 Å². The quantitative estimate of drug-likeness (QED) is 0.449. The highest BCUT2D eigenvalue weighted by Gasteiger charge is 2.34. The summed E-state index contributed by atoms with van der Waals surface area (Å²) in [4.78, 5) is 22.5. The van der Waals surface area contributed by atoms with E-state index >= 15 is 0 Å². The second-order valence-corrected chi connectivity index (χ2v) is 4.27. The smallest absolute Gasteiger partial charge is 0.342 e. The molecule has 1 aromatic carbocycles. The van der Waals surface area contributed by atoms with Gasteiger partial charge in [0.25, 0.3) is 0 Å². The molecule has 7 nitrogen and oxygen atoms in total. The summed E-state index contributed by atoms with van der Waals surface area (Å²) in [5.41, 5.74) is -1.91. The number of ether oxygens (including phenoxy) is 1. The Balaban J connectivity index is 2.81. The molecule has 0 saturated carbocycles. The van der Waals surface area contributed by atoms with Gasteiger partial charge in [0.2, 0.25) is 0 Å². The van der Waals surface area contributed by atoms with E-state index in [-0.39, 0.29) is 5.56 Å². The Labute approximate surface area is 108 Å². The summed E-state index contributed by atoms with van der Waals surface area (Å²) in [6.45, 7) is -0.0562. The molecule has 0 spiro atoms. The first kappa shape index (κ1) is 14.8. The van der Waals surface area contributed by atoms with Crippen molar-refractivity contribution >= 4 is 11.9 Å². The Kier molecular flexibility index (Phi) is 4.34. The third-order valence-electron chi connectivity index (χ3n) is 2.62. The normalized spacial score (nSPS) is 13.6. The van der Waals surface area contributed by atoms with Gasteiger partial charge in [0.1, 0.15) is 17.6 Å². The van der Waals surface area contributed by atoms with Gasteiger partial charge in [-0.2, -0.15) is 0 Å². The van der Waals surface area contributed by atoms with Crippen molar-refractivity contribution in [3.8, 4) is 11.5 Å². The van der Waals surface area contributed by atoms with Gasteiger partial charge in [-0.3, -0.25) is 4.79 Å². The Morgan fingerprint density at radius 2 is 1.95 bits per heavy atom. The van der Waals surface area contributed by atoms with Gasteiger partial charge in [0, 0.05) is 0 Å². The van der Waals surface area contributed by atoms with Crippen LogP contribution in [0.3, 0.4) is 0 Å². The SMILES string of the molecule is CC(CO)(COC(=O)c1cccc(O)c1O)C(=O)O. The van der Waals surface area contributed by atoms with Crippen LogP contribution >= 0.6 is 0 Å². The summed E-state index contributed by atoms with van der Waals surface area (Å²) in [7, 11) is 0. The summed E-state index contributed by atoms with van der Waals surface area (Å²) < 4.78 is 4.73. The van der Waals surface area contributed by atoms with Crippen molar-refractivity contribution < 1.29 is 34.8 Å². The highest BCUT2D eigenvalue weighted by Crippen LogP contribution is 2.29. The van der Waals surface area contributed by atoms with E-state index in [1.165, 1.54) is 25.1 Å². The Morgan fingerprint density at radius 1 is 1.32 bits per heavy atom. The molecule has 0 aliphatic heterocycles. The number of carbonyl (C=O) groups is 2. The number of phenols is 2. The topological polar surface area (TPSA) is 124 Å². The minimum Gasteiger partial charge on any atom is -0.504 e. The number of benzene rings is 1. The Hall–Kier alpha value is -2.28. The number of aliphatic carboxylic acids is 1. The summed E-state index contributed by atoms with van der Waals surface area (Å²) >= 11 is 0. The molecule has 104 valence electrons. The molecule has 7 heteroatoms. The monoisotopic (exact) mass is 270 g/mol. The van der Waals surface area contributed by atoms with Crippen molar-refractivity contribution in [2.75, 3.05) is 13.2 Å². The van der Waals surface area contributed by atoms with Gasteiger partial charge in [-0.1, -0.05) is 6.07 Å². The number of rotatable bonds is 5. The summed E-state index contributed by atoms with van der Waals surface area (Å²) in [5, 5.41) is 36.5. The first-order valence-corrected chi connectivity index (χ1v) is 5.34. The molecule has 1 atom stereocenters. The molecule has 1 aromatic rings. The molecule has 0 heterocycles. The standard InChI is InChI=1S/C12H14O7/c1-12(5-13,11(17)18)6-19-10(16)7-3-2-4-8(14)9(7)15/h2-4,13-15H,5-6H2,1H3,(H,17,18). The van der Waals surface area contributed by atoms with Gasteiger partial charge < -0.3 is 25.2 Å². The number of carboxylic acid groups (broad SMARTS) is 1. The van der Waals surface area contributed by atoms with E-state index in [4.69, 9.17) is 14.9 Å². The van der Waals surface area contributed by atoms with Gasteiger partial charge in [-0.15, -0.1) is 0 Å². The first-order valence-electron chi connectivity index (χ1n) is 5.34. The van der Waals surface area contributed by atoms with Gasteiger partial charge in [-0.05, 0) is 19.1 Å². The van der Waals surface area contributed by atoms with Crippen LogP contribution in [0, 0.1) is 5.41 Å². The lowest BCUT2D eigenvalue weighted by Crippen LogP contribution is -2.37. The molecular formula is C12H14O7. The number of carbonyl (C=O) groups excluding carboxylic acids is 1. The second kappa shape index (κ2) is 5.57. The molecule has 0 amide bonds. The molecule has 0 aliphatic carbocycles. The van der Waals surface area contributed by atoms with E-state index in [1.807, 2.05) is 0 Å².